The molecule has 0 heterocycles. The number of hydrogen-bond acceptors (Lipinski definition) is 3. The molecule has 0 spiro atoms. The zero-order valence-corrected chi connectivity index (χ0v) is 13.4. The Morgan fingerprint density at radius 1 is 1.09 bits per heavy atom. The number of hydrogen-bond donors (Lipinski definition) is 2. The quantitative estimate of drug-likeness (QED) is 0.811. The summed E-state index contributed by atoms with van der Waals surface area (Å²) in [5.74, 6) is 1.42. The van der Waals surface area contributed by atoms with E-state index in [2.05, 4.69) is 10.6 Å². The molecule has 5 heteroatoms. The molecule has 1 atom stereocenters. The van der Waals surface area contributed by atoms with Crippen molar-refractivity contribution >= 4 is 11.7 Å². The second-order valence-electron chi connectivity index (χ2n) is 5.22. The van der Waals surface area contributed by atoms with Crippen molar-refractivity contribution in [2.75, 3.05) is 19.0 Å². The minimum atomic E-state index is -0.245. The van der Waals surface area contributed by atoms with Gasteiger partial charge in [0.15, 0.2) is 0 Å². The Morgan fingerprint density at radius 2 is 1.83 bits per heavy atom. The Bertz CT molecular complexity index is 617. The molecule has 0 aliphatic heterocycles. The summed E-state index contributed by atoms with van der Waals surface area (Å²) in [5.41, 5.74) is 0.676. The highest BCUT2D eigenvalue weighted by molar-refractivity contribution is 5.89. The van der Waals surface area contributed by atoms with Crippen molar-refractivity contribution in [3.63, 3.8) is 0 Å². The highest BCUT2D eigenvalue weighted by Crippen LogP contribution is 2.23. The topological polar surface area (TPSA) is 59.6 Å². The van der Waals surface area contributed by atoms with Gasteiger partial charge < -0.3 is 20.1 Å². The van der Waals surface area contributed by atoms with E-state index in [9.17, 15) is 4.79 Å². The lowest BCUT2D eigenvalue weighted by Crippen LogP contribution is -2.36. The van der Waals surface area contributed by atoms with E-state index in [1.807, 2.05) is 55.5 Å². The molecule has 0 radical (unpaired) electrons. The summed E-state index contributed by atoms with van der Waals surface area (Å²) in [6.45, 7) is 2.55. The van der Waals surface area contributed by atoms with E-state index in [4.69, 9.17) is 9.47 Å². The van der Waals surface area contributed by atoms with E-state index in [0.717, 1.165) is 12.2 Å². The van der Waals surface area contributed by atoms with Crippen LogP contribution in [0.15, 0.2) is 54.6 Å². The third-order valence-corrected chi connectivity index (χ3v) is 3.20. The van der Waals surface area contributed by atoms with E-state index in [0.29, 0.717) is 18.0 Å². The molecular weight excluding hydrogens is 292 g/mol. The Kier molecular flexibility index (Phi) is 6.44. The maximum Gasteiger partial charge on any atom is 0.319 e. The summed E-state index contributed by atoms with van der Waals surface area (Å²) in [7, 11) is 1.64. The first-order chi connectivity index (χ1) is 11.2. The fourth-order valence-electron chi connectivity index (χ4n) is 2.02. The van der Waals surface area contributed by atoms with Crippen LogP contribution in [0, 0.1) is 0 Å². The lowest BCUT2D eigenvalue weighted by molar-refractivity contribution is 0.185. The molecule has 0 aliphatic rings. The highest BCUT2D eigenvalue weighted by atomic mass is 16.5. The zero-order chi connectivity index (χ0) is 16.5. The van der Waals surface area contributed by atoms with Gasteiger partial charge in [-0.1, -0.05) is 24.3 Å². The van der Waals surface area contributed by atoms with Gasteiger partial charge in [-0.3, -0.25) is 0 Å². The maximum atomic E-state index is 12.0. The summed E-state index contributed by atoms with van der Waals surface area (Å²) < 4.78 is 10.7. The van der Waals surface area contributed by atoms with Gasteiger partial charge >= 0.3 is 6.03 Å². The summed E-state index contributed by atoms with van der Waals surface area (Å²) in [6, 6.07) is 16.6. The fourth-order valence-corrected chi connectivity index (χ4v) is 2.02. The molecule has 0 unspecified atom stereocenters. The van der Waals surface area contributed by atoms with Gasteiger partial charge in [-0.05, 0) is 37.6 Å². The van der Waals surface area contributed by atoms with Crippen LogP contribution >= 0.6 is 0 Å². The molecule has 0 aromatic heterocycles. The molecule has 0 bridgehead atoms. The molecule has 2 aromatic carbocycles. The van der Waals surface area contributed by atoms with Gasteiger partial charge in [0.1, 0.15) is 11.5 Å². The van der Waals surface area contributed by atoms with Crippen molar-refractivity contribution < 1.29 is 14.3 Å². The molecule has 2 amide bonds. The summed E-state index contributed by atoms with van der Waals surface area (Å²) >= 11 is 0. The SMILES string of the molecule is COCC[C@@H](C)NC(=O)Nc1cccc(Oc2ccccc2)c1. The number of amides is 2. The molecular formula is C18H22N2O3. The summed E-state index contributed by atoms with van der Waals surface area (Å²) in [4.78, 5) is 12.0. The van der Waals surface area contributed by atoms with Crippen molar-refractivity contribution in [3.8, 4) is 11.5 Å². The number of ether oxygens (including phenoxy) is 2. The monoisotopic (exact) mass is 314 g/mol. The van der Waals surface area contributed by atoms with Gasteiger partial charge in [0.25, 0.3) is 0 Å². The van der Waals surface area contributed by atoms with Crippen LogP contribution in [0.2, 0.25) is 0 Å². The fraction of sp³-hybridized carbons (Fsp3) is 0.278. The second kappa shape index (κ2) is 8.80. The predicted octanol–water partition coefficient (Wildman–Crippen LogP) is 4.03. The molecule has 5 nitrogen and oxygen atoms in total. The Morgan fingerprint density at radius 3 is 2.57 bits per heavy atom. The molecule has 122 valence electrons. The molecule has 2 N–H and O–H groups in total. The van der Waals surface area contributed by atoms with E-state index in [-0.39, 0.29) is 12.1 Å². The summed E-state index contributed by atoms with van der Waals surface area (Å²) in [5, 5.41) is 5.67. The molecule has 23 heavy (non-hydrogen) atoms. The molecule has 0 saturated carbocycles. The smallest absolute Gasteiger partial charge is 0.319 e. The van der Waals surface area contributed by atoms with Gasteiger partial charge in [0.05, 0.1) is 0 Å². The van der Waals surface area contributed by atoms with Gasteiger partial charge in [0.2, 0.25) is 0 Å². The average molecular weight is 314 g/mol. The number of benzene rings is 2. The van der Waals surface area contributed by atoms with E-state index in [1.165, 1.54) is 0 Å². The Hall–Kier alpha value is -2.53. The van der Waals surface area contributed by atoms with E-state index in [1.54, 1.807) is 13.2 Å². The number of methoxy groups -OCH3 is 1. The molecule has 0 fully saturated rings. The largest absolute Gasteiger partial charge is 0.457 e. The number of nitrogens with one attached hydrogen (secondary N) is 2. The summed E-state index contributed by atoms with van der Waals surface area (Å²) in [6.07, 6.45) is 0.765. The van der Waals surface area contributed by atoms with Crippen LogP contribution in [0.3, 0.4) is 0 Å². The van der Waals surface area contributed by atoms with Crippen LogP contribution in [-0.4, -0.2) is 25.8 Å². The number of carbonyl (C=O) groups is 1. The van der Waals surface area contributed by atoms with E-state index >= 15 is 0 Å². The Labute approximate surface area is 136 Å². The van der Waals surface area contributed by atoms with Crippen molar-refractivity contribution in [2.24, 2.45) is 0 Å². The van der Waals surface area contributed by atoms with Crippen molar-refractivity contribution in [1.29, 1.82) is 0 Å². The molecule has 0 aliphatic carbocycles. The van der Waals surface area contributed by atoms with Crippen LogP contribution in [0.5, 0.6) is 11.5 Å². The average Bonchev–Trinajstić information content (AvgIpc) is 2.54. The first kappa shape index (κ1) is 16.8. The highest BCUT2D eigenvalue weighted by Gasteiger charge is 2.07. The first-order valence-corrected chi connectivity index (χ1v) is 7.57. The lowest BCUT2D eigenvalue weighted by atomic mass is 10.2. The zero-order valence-electron chi connectivity index (χ0n) is 13.4. The van der Waals surface area contributed by atoms with E-state index < -0.39 is 0 Å². The van der Waals surface area contributed by atoms with Gasteiger partial charge in [0, 0.05) is 31.5 Å². The molecule has 2 rings (SSSR count). The third-order valence-electron chi connectivity index (χ3n) is 3.20. The minimum Gasteiger partial charge on any atom is -0.457 e. The van der Waals surface area contributed by atoms with Crippen LogP contribution in [0.25, 0.3) is 0 Å². The maximum absolute atomic E-state index is 12.0. The number of anilines is 1. The van der Waals surface area contributed by atoms with Gasteiger partial charge in [-0.15, -0.1) is 0 Å². The van der Waals surface area contributed by atoms with Crippen molar-refractivity contribution in [3.05, 3.63) is 54.6 Å². The standard InChI is InChI=1S/C18H22N2O3/c1-14(11-12-22-2)19-18(21)20-15-7-6-10-17(13-15)23-16-8-4-3-5-9-16/h3-10,13-14H,11-12H2,1-2H3,(H2,19,20,21)/t14-/m1/s1. The lowest BCUT2D eigenvalue weighted by Gasteiger charge is -2.14. The van der Waals surface area contributed by atoms with Crippen LogP contribution in [0.4, 0.5) is 10.5 Å². The normalized spacial score (nSPS) is 11.6. The number of para-hydroxylation sites is 1. The molecule has 0 saturated heterocycles. The van der Waals surface area contributed by atoms with Crippen LogP contribution in [0.1, 0.15) is 13.3 Å². The van der Waals surface area contributed by atoms with Gasteiger partial charge in [-0.25, -0.2) is 4.79 Å². The Balaban J connectivity index is 1.90. The third kappa shape index (κ3) is 6.00. The minimum absolute atomic E-state index is 0.0405. The second-order valence-corrected chi connectivity index (χ2v) is 5.22. The van der Waals surface area contributed by atoms with Gasteiger partial charge in [-0.2, -0.15) is 0 Å². The number of carbonyl (C=O) groups excluding carboxylic acids is 1. The van der Waals surface area contributed by atoms with Crippen molar-refractivity contribution in [1.82, 2.24) is 5.32 Å². The molecule has 2 aromatic rings. The number of urea groups is 1. The van der Waals surface area contributed by atoms with Crippen molar-refractivity contribution in [2.45, 2.75) is 19.4 Å². The first-order valence-electron chi connectivity index (χ1n) is 7.57. The van der Waals surface area contributed by atoms with Crippen LogP contribution < -0.4 is 15.4 Å². The predicted molar refractivity (Wildman–Crippen MR) is 91.1 cm³/mol. The van der Waals surface area contributed by atoms with Crippen LogP contribution in [-0.2, 0) is 4.74 Å². The number of rotatable bonds is 7.